The van der Waals surface area contributed by atoms with Gasteiger partial charge in [0.1, 0.15) is 11.9 Å². The first-order valence-corrected chi connectivity index (χ1v) is 8.82. The van der Waals surface area contributed by atoms with Crippen LogP contribution in [0.5, 0.6) is 0 Å². The first-order chi connectivity index (χ1) is 12.4. The highest BCUT2D eigenvalue weighted by atomic mass is 19.1. The molecule has 1 aliphatic rings. The molecule has 136 valence electrons. The van der Waals surface area contributed by atoms with E-state index in [0.29, 0.717) is 29.8 Å². The van der Waals surface area contributed by atoms with E-state index >= 15 is 0 Å². The van der Waals surface area contributed by atoms with Crippen molar-refractivity contribution in [2.24, 2.45) is 5.92 Å². The van der Waals surface area contributed by atoms with Crippen LogP contribution in [-0.4, -0.2) is 22.8 Å². The molecule has 0 spiro atoms. The van der Waals surface area contributed by atoms with Crippen LogP contribution in [0.15, 0.2) is 42.5 Å². The van der Waals surface area contributed by atoms with Crippen molar-refractivity contribution < 1.29 is 14.0 Å². The summed E-state index contributed by atoms with van der Waals surface area (Å²) in [5.74, 6) is -0.451. The number of fused-ring (bicyclic) bond motifs is 1. The van der Waals surface area contributed by atoms with Crippen molar-refractivity contribution in [2.45, 2.75) is 39.8 Å². The Bertz CT molecular complexity index is 848. The van der Waals surface area contributed by atoms with Gasteiger partial charge in [-0.05, 0) is 54.7 Å². The van der Waals surface area contributed by atoms with Crippen molar-refractivity contribution in [3.8, 4) is 0 Å². The van der Waals surface area contributed by atoms with E-state index in [1.54, 1.807) is 24.0 Å². The first kappa shape index (κ1) is 18.1. The van der Waals surface area contributed by atoms with Crippen LogP contribution in [0.25, 0.3) is 0 Å². The van der Waals surface area contributed by atoms with Gasteiger partial charge in [0.25, 0.3) is 5.91 Å². The molecule has 2 amide bonds. The van der Waals surface area contributed by atoms with Crippen molar-refractivity contribution in [3.05, 3.63) is 65.0 Å². The number of anilines is 1. The molecule has 1 N–H and O–H groups in total. The Morgan fingerprint density at radius 2 is 1.96 bits per heavy atom. The maximum atomic E-state index is 13.3. The number of halogens is 1. The third-order valence-corrected chi connectivity index (χ3v) is 4.67. The summed E-state index contributed by atoms with van der Waals surface area (Å²) in [4.78, 5) is 27.4. The molecule has 2 aromatic rings. The maximum absolute atomic E-state index is 13.3. The lowest BCUT2D eigenvalue weighted by Crippen LogP contribution is -2.45. The lowest BCUT2D eigenvalue weighted by atomic mass is 10.0. The van der Waals surface area contributed by atoms with Crippen LogP contribution in [0.1, 0.15) is 41.8 Å². The molecule has 0 aliphatic carbocycles. The third kappa shape index (κ3) is 3.62. The zero-order valence-corrected chi connectivity index (χ0v) is 15.3. The Morgan fingerprint density at radius 1 is 1.23 bits per heavy atom. The van der Waals surface area contributed by atoms with Crippen molar-refractivity contribution in [3.63, 3.8) is 0 Å². The molecule has 0 radical (unpaired) electrons. The number of amides is 2. The second-order valence-corrected chi connectivity index (χ2v) is 7.18. The average molecular weight is 354 g/mol. The van der Waals surface area contributed by atoms with Crippen LogP contribution in [0.2, 0.25) is 0 Å². The van der Waals surface area contributed by atoms with E-state index in [2.05, 4.69) is 5.32 Å². The maximum Gasteiger partial charge on any atom is 0.255 e. The summed E-state index contributed by atoms with van der Waals surface area (Å²) in [6.07, 6.45) is 0.561. The molecule has 1 atom stereocenters. The molecule has 26 heavy (non-hydrogen) atoms. The number of carbonyl (C=O) groups is 2. The van der Waals surface area contributed by atoms with E-state index < -0.39 is 6.04 Å². The molecular weight excluding hydrogens is 331 g/mol. The Balaban J connectivity index is 1.84. The van der Waals surface area contributed by atoms with E-state index in [9.17, 15) is 14.0 Å². The van der Waals surface area contributed by atoms with Gasteiger partial charge in [0.2, 0.25) is 5.91 Å². The van der Waals surface area contributed by atoms with E-state index in [4.69, 9.17) is 0 Å². The Labute approximate surface area is 153 Å². The molecule has 1 heterocycles. The molecule has 4 nitrogen and oxygen atoms in total. The normalized spacial score (nSPS) is 14.5. The summed E-state index contributed by atoms with van der Waals surface area (Å²) in [5.41, 5.74) is 2.82. The van der Waals surface area contributed by atoms with Crippen molar-refractivity contribution in [1.82, 2.24) is 4.90 Å². The number of hydrogen-bond donors (Lipinski definition) is 1. The zero-order chi connectivity index (χ0) is 18.8. The molecule has 5 heteroatoms. The predicted octanol–water partition coefficient (Wildman–Crippen LogP) is 4.14. The molecular formula is C21H23FN2O2. The predicted molar refractivity (Wildman–Crippen MR) is 99.3 cm³/mol. The number of rotatable bonds is 5. The molecule has 1 aliphatic heterocycles. The Kier molecular flexibility index (Phi) is 5.07. The van der Waals surface area contributed by atoms with Crippen LogP contribution >= 0.6 is 0 Å². The monoisotopic (exact) mass is 354 g/mol. The van der Waals surface area contributed by atoms with Gasteiger partial charge in [0, 0.05) is 17.8 Å². The summed E-state index contributed by atoms with van der Waals surface area (Å²) < 4.78 is 13.3. The topological polar surface area (TPSA) is 49.4 Å². The smallest absolute Gasteiger partial charge is 0.255 e. The highest BCUT2D eigenvalue weighted by Gasteiger charge is 2.36. The molecule has 0 saturated carbocycles. The zero-order valence-electron chi connectivity index (χ0n) is 15.3. The lowest BCUT2D eigenvalue weighted by Gasteiger charge is -2.28. The number of nitrogens with one attached hydrogen (secondary N) is 1. The van der Waals surface area contributed by atoms with Gasteiger partial charge < -0.3 is 10.2 Å². The fraction of sp³-hybridized carbons (Fsp3) is 0.333. The summed E-state index contributed by atoms with van der Waals surface area (Å²) >= 11 is 0. The number of aryl methyl sites for hydroxylation is 1. The Hall–Kier alpha value is -2.69. The van der Waals surface area contributed by atoms with Gasteiger partial charge in [-0.2, -0.15) is 0 Å². The van der Waals surface area contributed by atoms with Crippen LogP contribution in [-0.2, 0) is 11.3 Å². The molecule has 0 unspecified atom stereocenters. The van der Waals surface area contributed by atoms with Gasteiger partial charge in [-0.3, -0.25) is 9.59 Å². The lowest BCUT2D eigenvalue weighted by molar-refractivity contribution is -0.121. The second kappa shape index (κ2) is 7.28. The van der Waals surface area contributed by atoms with Gasteiger partial charge in [0.05, 0.1) is 0 Å². The van der Waals surface area contributed by atoms with E-state index in [-0.39, 0.29) is 23.5 Å². The van der Waals surface area contributed by atoms with Gasteiger partial charge in [0.15, 0.2) is 0 Å². The van der Waals surface area contributed by atoms with Crippen LogP contribution in [0, 0.1) is 18.7 Å². The second-order valence-electron chi connectivity index (χ2n) is 7.18. The van der Waals surface area contributed by atoms with Gasteiger partial charge in [-0.1, -0.05) is 32.0 Å². The SMILES string of the molecule is Cc1cc(F)ccc1NC(=O)[C@@H](CC(C)C)N1Cc2ccccc2C1=O. The molecule has 3 rings (SSSR count). The minimum absolute atomic E-state index is 0.114. The van der Waals surface area contributed by atoms with Gasteiger partial charge in [-0.25, -0.2) is 4.39 Å². The van der Waals surface area contributed by atoms with Gasteiger partial charge in [-0.15, -0.1) is 0 Å². The molecule has 0 bridgehead atoms. The number of nitrogens with zero attached hydrogens (tertiary/aromatic N) is 1. The number of carbonyl (C=O) groups excluding carboxylic acids is 2. The summed E-state index contributed by atoms with van der Waals surface area (Å²) in [7, 11) is 0. The van der Waals surface area contributed by atoms with Crippen LogP contribution < -0.4 is 5.32 Å². The van der Waals surface area contributed by atoms with E-state index in [1.165, 1.54) is 12.1 Å². The summed E-state index contributed by atoms with van der Waals surface area (Å²) in [5, 5.41) is 2.87. The average Bonchev–Trinajstić information content (AvgIpc) is 2.92. The largest absolute Gasteiger partial charge is 0.324 e. The molecule has 0 saturated heterocycles. The fourth-order valence-corrected chi connectivity index (χ4v) is 3.33. The summed E-state index contributed by atoms with van der Waals surface area (Å²) in [6.45, 7) is 6.23. The van der Waals surface area contributed by atoms with Crippen molar-refractivity contribution >= 4 is 17.5 Å². The Morgan fingerprint density at radius 3 is 2.62 bits per heavy atom. The van der Waals surface area contributed by atoms with Crippen LogP contribution in [0.3, 0.4) is 0 Å². The highest BCUT2D eigenvalue weighted by molar-refractivity contribution is 6.03. The van der Waals surface area contributed by atoms with E-state index in [0.717, 1.165) is 5.56 Å². The van der Waals surface area contributed by atoms with Gasteiger partial charge >= 0.3 is 0 Å². The number of benzene rings is 2. The van der Waals surface area contributed by atoms with Crippen molar-refractivity contribution in [2.75, 3.05) is 5.32 Å². The van der Waals surface area contributed by atoms with E-state index in [1.807, 2.05) is 32.0 Å². The van der Waals surface area contributed by atoms with Crippen LogP contribution in [0.4, 0.5) is 10.1 Å². The third-order valence-electron chi connectivity index (χ3n) is 4.67. The molecule has 2 aromatic carbocycles. The quantitative estimate of drug-likeness (QED) is 0.877. The van der Waals surface area contributed by atoms with Crippen molar-refractivity contribution in [1.29, 1.82) is 0 Å². The minimum Gasteiger partial charge on any atom is -0.324 e. The standard InChI is InChI=1S/C21H23FN2O2/c1-13(2)10-19(20(25)23-18-9-8-16(22)11-14(18)3)24-12-15-6-4-5-7-17(15)21(24)26/h4-9,11,13,19H,10,12H2,1-3H3,(H,23,25)/t19-/m1/s1. The first-order valence-electron chi connectivity index (χ1n) is 8.82. The molecule has 0 fully saturated rings. The number of hydrogen-bond acceptors (Lipinski definition) is 2. The highest BCUT2D eigenvalue weighted by Crippen LogP contribution is 2.28. The minimum atomic E-state index is -0.570. The fourth-order valence-electron chi connectivity index (χ4n) is 3.33. The molecule has 0 aromatic heterocycles. The summed E-state index contributed by atoms with van der Waals surface area (Å²) in [6, 6.07) is 11.1.